The van der Waals surface area contributed by atoms with E-state index in [0.717, 1.165) is 11.1 Å². The van der Waals surface area contributed by atoms with E-state index in [-0.39, 0.29) is 5.91 Å². The SMILES string of the molecule is CC[C@H](N)C(=O)N1CCc2c(cccc2C(=O)O)C1. The summed E-state index contributed by atoms with van der Waals surface area (Å²) in [6.45, 7) is 2.86. The van der Waals surface area contributed by atoms with Crippen molar-refractivity contribution in [1.82, 2.24) is 4.90 Å². The lowest BCUT2D eigenvalue weighted by molar-refractivity contribution is -0.133. The van der Waals surface area contributed by atoms with E-state index in [1.165, 1.54) is 0 Å². The Bertz CT molecular complexity index is 513. The van der Waals surface area contributed by atoms with Crippen LogP contribution in [0.4, 0.5) is 0 Å². The van der Waals surface area contributed by atoms with Gasteiger partial charge in [-0.15, -0.1) is 0 Å². The summed E-state index contributed by atoms with van der Waals surface area (Å²) in [5, 5.41) is 9.14. The molecule has 2 rings (SSSR count). The molecule has 0 aliphatic carbocycles. The van der Waals surface area contributed by atoms with Gasteiger partial charge in [0, 0.05) is 13.1 Å². The second-order valence-corrected chi connectivity index (χ2v) is 4.77. The molecule has 19 heavy (non-hydrogen) atoms. The number of carboxylic acids is 1. The fourth-order valence-electron chi connectivity index (χ4n) is 2.41. The van der Waals surface area contributed by atoms with Gasteiger partial charge in [-0.05, 0) is 30.0 Å². The summed E-state index contributed by atoms with van der Waals surface area (Å²) in [6, 6.07) is 4.73. The van der Waals surface area contributed by atoms with Crippen LogP contribution in [0.2, 0.25) is 0 Å². The maximum absolute atomic E-state index is 12.0. The lowest BCUT2D eigenvalue weighted by Gasteiger charge is -2.31. The van der Waals surface area contributed by atoms with Gasteiger partial charge in [0.15, 0.2) is 0 Å². The largest absolute Gasteiger partial charge is 0.478 e. The molecule has 0 saturated heterocycles. The number of benzene rings is 1. The van der Waals surface area contributed by atoms with Crippen LogP contribution in [0.3, 0.4) is 0 Å². The first-order valence-corrected chi connectivity index (χ1v) is 6.43. The first-order chi connectivity index (χ1) is 9.04. The van der Waals surface area contributed by atoms with Gasteiger partial charge in [-0.25, -0.2) is 4.79 Å². The van der Waals surface area contributed by atoms with E-state index in [2.05, 4.69) is 0 Å². The molecule has 0 bridgehead atoms. The fraction of sp³-hybridized carbons (Fsp3) is 0.429. The van der Waals surface area contributed by atoms with Crippen molar-refractivity contribution < 1.29 is 14.7 Å². The normalized spacial score (nSPS) is 15.8. The molecule has 1 amide bonds. The minimum Gasteiger partial charge on any atom is -0.478 e. The Balaban J connectivity index is 2.24. The van der Waals surface area contributed by atoms with Gasteiger partial charge in [-0.1, -0.05) is 19.1 Å². The predicted octanol–water partition coefficient (Wildman–Crippen LogP) is 1.01. The van der Waals surface area contributed by atoms with E-state index < -0.39 is 12.0 Å². The summed E-state index contributed by atoms with van der Waals surface area (Å²) < 4.78 is 0. The van der Waals surface area contributed by atoms with Crippen LogP contribution in [0.25, 0.3) is 0 Å². The molecule has 5 nitrogen and oxygen atoms in total. The topological polar surface area (TPSA) is 83.6 Å². The second kappa shape index (κ2) is 5.40. The molecule has 1 aliphatic heterocycles. The van der Waals surface area contributed by atoms with Crippen LogP contribution in [0.5, 0.6) is 0 Å². The van der Waals surface area contributed by atoms with Crippen LogP contribution in [0.1, 0.15) is 34.8 Å². The van der Waals surface area contributed by atoms with Crippen molar-refractivity contribution >= 4 is 11.9 Å². The highest BCUT2D eigenvalue weighted by atomic mass is 16.4. The van der Waals surface area contributed by atoms with Crippen LogP contribution < -0.4 is 5.73 Å². The van der Waals surface area contributed by atoms with Crippen molar-refractivity contribution in [2.24, 2.45) is 5.73 Å². The standard InChI is InChI=1S/C14H18N2O3/c1-2-12(15)13(17)16-7-6-10-9(8-16)4-3-5-11(10)14(18)19/h3-5,12H,2,6-8,15H2,1H3,(H,18,19)/t12-/m0/s1. The number of carbonyl (C=O) groups is 2. The fourth-order valence-corrected chi connectivity index (χ4v) is 2.41. The maximum atomic E-state index is 12.0. The minimum absolute atomic E-state index is 0.0612. The Kier molecular flexibility index (Phi) is 3.85. The third kappa shape index (κ3) is 2.61. The molecule has 102 valence electrons. The zero-order valence-corrected chi connectivity index (χ0v) is 10.9. The number of carbonyl (C=O) groups excluding carboxylic acids is 1. The number of carboxylic acid groups (broad SMARTS) is 1. The van der Waals surface area contributed by atoms with Crippen molar-refractivity contribution in [1.29, 1.82) is 0 Å². The average molecular weight is 262 g/mol. The Morgan fingerprint density at radius 3 is 2.84 bits per heavy atom. The van der Waals surface area contributed by atoms with Gasteiger partial charge in [-0.2, -0.15) is 0 Å². The highest BCUT2D eigenvalue weighted by molar-refractivity contribution is 5.90. The first-order valence-electron chi connectivity index (χ1n) is 6.43. The first kappa shape index (κ1) is 13.5. The van der Waals surface area contributed by atoms with E-state index in [1.807, 2.05) is 13.0 Å². The summed E-state index contributed by atoms with van der Waals surface area (Å²) >= 11 is 0. The monoisotopic (exact) mass is 262 g/mol. The lowest BCUT2D eigenvalue weighted by atomic mass is 9.94. The molecule has 5 heteroatoms. The Hall–Kier alpha value is -1.88. The number of nitrogens with two attached hydrogens (primary N) is 1. The Morgan fingerprint density at radius 1 is 1.47 bits per heavy atom. The predicted molar refractivity (Wildman–Crippen MR) is 70.8 cm³/mol. The number of amides is 1. The van der Waals surface area contributed by atoms with Crippen molar-refractivity contribution in [3.63, 3.8) is 0 Å². The van der Waals surface area contributed by atoms with Gasteiger partial charge in [0.05, 0.1) is 11.6 Å². The molecule has 0 radical (unpaired) electrons. The number of rotatable bonds is 3. The number of fused-ring (bicyclic) bond motifs is 1. The zero-order valence-electron chi connectivity index (χ0n) is 10.9. The van der Waals surface area contributed by atoms with E-state index in [4.69, 9.17) is 10.8 Å². The van der Waals surface area contributed by atoms with Crippen LogP contribution >= 0.6 is 0 Å². The Morgan fingerprint density at radius 2 is 2.21 bits per heavy atom. The summed E-state index contributed by atoms with van der Waals surface area (Å²) in [6.07, 6.45) is 1.18. The lowest BCUT2D eigenvalue weighted by Crippen LogP contribution is -2.45. The molecule has 1 heterocycles. The molecule has 0 saturated carbocycles. The number of nitrogens with zero attached hydrogens (tertiary/aromatic N) is 1. The quantitative estimate of drug-likeness (QED) is 0.851. The molecule has 1 aliphatic rings. The van der Waals surface area contributed by atoms with Crippen LogP contribution in [0, 0.1) is 0 Å². The van der Waals surface area contributed by atoms with Crippen molar-refractivity contribution in [3.8, 4) is 0 Å². The van der Waals surface area contributed by atoms with E-state index >= 15 is 0 Å². The van der Waals surface area contributed by atoms with Gasteiger partial charge in [-0.3, -0.25) is 4.79 Å². The van der Waals surface area contributed by atoms with Crippen LogP contribution in [-0.2, 0) is 17.8 Å². The molecule has 0 aromatic heterocycles. The Labute approximate surface area is 112 Å². The molecule has 3 N–H and O–H groups in total. The molecular formula is C14H18N2O3. The number of hydrogen-bond acceptors (Lipinski definition) is 3. The minimum atomic E-state index is -0.915. The van der Waals surface area contributed by atoms with Gasteiger partial charge in [0.1, 0.15) is 0 Å². The molecule has 0 fully saturated rings. The average Bonchev–Trinajstić information content (AvgIpc) is 2.44. The molecular weight excluding hydrogens is 244 g/mol. The third-order valence-electron chi connectivity index (χ3n) is 3.57. The van der Waals surface area contributed by atoms with Gasteiger partial charge in [0.25, 0.3) is 0 Å². The molecule has 1 aromatic rings. The van der Waals surface area contributed by atoms with Crippen LogP contribution in [0.15, 0.2) is 18.2 Å². The smallest absolute Gasteiger partial charge is 0.335 e. The third-order valence-corrected chi connectivity index (χ3v) is 3.57. The summed E-state index contributed by atoms with van der Waals surface area (Å²) in [5.41, 5.74) is 7.84. The molecule has 0 unspecified atom stereocenters. The van der Waals surface area contributed by atoms with Crippen LogP contribution in [-0.4, -0.2) is 34.5 Å². The summed E-state index contributed by atoms with van der Waals surface area (Å²) in [4.78, 5) is 24.9. The van der Waals surface area contributed by atoms with Crippen molar-refractivity contribution in [2.45, 2.75) is 32.4 Å². The number of hydrogen-bond donors (Lipinski definition) is 2. The van der Waals surface area contributed by atoms with Gasteiger partial charge < -0.3 is 15.7 Å². The van der Waals surface area contributed by atoms with E-state index in [9.17, 15) is 9.59 Å². The highest BCUT2D eigenvalue weighted by Crippen LogP contribution is 2.23. The van der Waals surface area contributed by atoms with Crippen molar-refractivity contribution in [3.05, 3.63) is 34.9 Å². The maximum Gasteiger partial charge on any atom is 0.335 e. The van der Waals surface area contributed by atoms with E-state index in [0.29, 0.717) is 31.5 Å². The summed E-state index contributed by atoms with van der Waals surface area (Å²) in [5.74, 6) is -0.976. The van der Waals surface area contributed by atoms with E-state index in [1.54, 1.807) is 17.0 Å². The van der Waals surface area contributed by atoms with Crippen molar-refractivity contribution in [2.75, 3.05) is 6.54 Å². The molecule has 0 spiro atoms. The molecule has 1 atom stereocenters. The van der Waals surface area contributed by atoms with Gasteiger partial charge >= 0.3 is 5.97 Å². The zero-order chi connectivity index (χ0) is 14.0. The number of aromatic carboxylic acids is 1. The summed E-state index contributed by atoms with van der Waals surface area (Å²) in [7, 11) is 0. The highest BCUT2D eigenvalue weighted by Gasteiger charge is 2.26. The van der Waals surface area contributed by atoms with Gasteiger partial charge in [0.2, 0.25) is 5.91 Å². The molecule has 1 aromatic carbocycles. The second-order valence-electron chi connectivity index (χ2n) is 4.77.